The molecule has 0 aliphatic carbocycles. The van der Waals surface area contributed by atoms with E-state index in [1.807, 2.05) is 6.92 Å². The maximum absolute atomic E-state index is 10.5. The predicted octanol–water partition coefficient (Wildman–Crippen LogP) is -0.228. The normalized spacial score (nSPS) is 9.50. The van der Waals surface area contributed by atoms with Crippen molar-refractivity contribution >= 4 is 11.7 Å². The summed E-state index contributed by atoms with van der Waals surface area (Å²) in [4.78, 5) is 18.2. The zero-order valence-electron chi connectivity index (χ0n) is 7.86. The van der Waals surface area contributed by atoms with Crippen LogP contribution in [0.1, 0.15) is 6.92 Å². The third-order valence-corrected chi connectivity index (χ3v) is 1.38. The van der Waals surface area contributed by atoms with E-state index in [4.69, 9.17) is 10.5 Å². The van der Waals surface area contributed by atoms with Crippen LogP contribution >= 0.6 is 0 Å². The van der Waals surface area contributed by atoms with E-state index in [1.165, 1.54) is 6.33 Å². The molecule has 0 fully saturated rings. The Kier molecular flexibility index (Phi) is 3.66. The molecule has 0 atom stereocenters. The van der Waals surface area contributed by atoms with Gasteiger partial charge < -0.3 is 15.8 Å². The minimum Gasteiger partial charge on any atom is -0.478 e. The Morgan fingerprint density at radius 2 is 2.43 bits per heavy atom. The molecule has 14 heavy (non-hydrogen) atoms. The number of carbonyl (C=O) groups excluding carboxylic acids is 1. The molecule has 0 saturated heterocycles. The Balaban J connectivity index is 2.58. The Bertz CT molecular complexity index is 316. The van der Waals surface area contributed by atoms with Crippen LogP contribution in [0.15, 0.2) is 12.4 Å². The molecule has 0 aliphatic heterocycles. The van der Waals surface area contributed by atoms with Crippen molar-refractivity contribution in [1.82, 2.24) is 9.97 Å². The molecule has 6 heteroatoms. The maximum atomic E-state index is 10.5. The number of nitrogens with one attached hydrogen (secondary N) is 1. The lowest BCUT2D eigenvalue weighted by molar-refractivity contribution is -0.116. The molecule has 1 amide bonds. The second-order valence-corrected chi connectivity index (χ2v) is 2.49. The zero-order chi connectivity index (χ0) is 10.4. The molecule has 1 heterocycles. The van der Waals surface area contributed by atoms with Gasteiger partial charge in [0, 0.05) is 6.07 Å². The fraction of sp³-hybridized carbons (Fsp3) is 0.375. The summed E-state index contributed by atoms with van der Waals surface area (Å²) in [6, 6.07) is 1.60. The standard InChI is InChI=1S/C8H12N4O2/c1-2-14-8-3-7(11-5-12-8)10-4-6(9)13/h3,5H,2,4H2,1H3,(H2,9,13)(H,10,11,12). The van der Waals surface area contributed by atoms with Gasteiger partial charge in [-0.15, -0.1) is 0 Å². The smallest absolute Gasteiger partial charge is 0.236 e. The topological polar surface area (TPSA) is 90.1 Å². The summed E-state index contributed by atoms with van der Waals surface area (Å²) >= 11 is 0. The Morgan fingerprint density at radius 3 is 3.07 bits per heavy atom. The van der Waals surface area contributed by atoms with Crippen molar-refractivity contribution in [1.29, 1.82) is 0 Å². The molecular formula is C8H12N4O2. The molecule has 0 radical (unpaired) electrons. The van der Waals surface area contributed by atoms with Crippen LogP contribution in [0, 0.1) is 0 Å². The monoisotopic (exact) mass is 196 g/mol. The molecule has 1 aromatic rings. The Hall–Kier alpha value is -1.85. The van der Waals surface area contributed by atoms with Gasteiger partial charge in [-0.25, -0.2) is 9.97 Å². The largest absolute Gasteiger partial charge is 0.478 e. The van der Waals surface area contributed by atoms with Gasteiger partial charge in [0.15, 0.2) is 0 Å². The second kappa shape index (κ2) is 5.00. The van der Waals surface area contributed by atoms with E-state index < -0.39 is 5.91 Å². The molecule has 3 N–H and O–H groups in total. The Morgan fingerprint density at radius 1 is 1.64 bits per heavy atom. The van der Waals surface area contributed by atoms with Crippen LogP contribution in [0.2, 0.25) is 0 Å². The second-order valence-electron chi connectivity index (χ2n) is 2.49. The van der Waals surface area contributed by atoms with Crippen molar-refractivity contribution in [2.75, 3.05) is 18.5 Å². The number of amides is 1. The number of hydrogen-bond donors (Lipinski definition) is 2. The van der Waals surface area contributed by atoms with Crippen LogP contribution < -0.4 is 15.8 Å². The number of hydrogen-bond acceptors (Lipinski definition) is 5. The van der Waals surface area contributed by atoms with E-state index in [2.05, 4.69) is 15.3 Å². The Labute approximate surface area is 81.5 Å². The van der Waals surface area contributed by atoms with Gasteiger partial charge in [0.2, 0.25) is 11.8 Å². The lowest BCUT2D eigenvalue weighted by Gasteiger charge is -2.04. The van der Waals surface area contributed by atoms with Crippen molar-refractivity contribution in [2.45, 2.75) is 6.92 Å². The number of rotatable bonds is 5. The van der Waals surface area contributed by atoms with Gasteiger partial charge >= 0.3 is 0 Å². The number of anilines is 1. The van der Waals surface area contributed by atoms with Gasteiger partial charge in [0.1, 0.15) is 12.1 Å². The number of nitrogens with zero attached hydrogens (tertiary/aromatic N) is 2. The van der Waals surface area contributed by atoms with E-state index in [0.29, 0.717) is 18.3 Å². The van der Waals surface area contributed by atoms with Crippen LogP contribution in [-0.2, 0) is 4.79 Å². The molecular weight excluding hydrogens is 184 g/mol. The summed E-state index contributed by atoms with van der Waals surface area (Å²) in [5.41, 5.74) is 4.96. The van der Waals surface area contributed by atoms with Gasteiger partial charge in [-0.2, -0.15) is 0 Å². The highest BCUT2D eigenvalue weighted by molar-refractivity contribution is 5.78. The fourth-order valence-corrected chi connectivity index (χ4v) is 0.841. The van der Waals surface area contributed by atoms with E-state index in [0.717, 1.165) is 0 Å². The first-order chi connectivity index (χ1) is 6.72. The van der Waals surface area contributed by atoms with Crippen molar-refractivity contribution in [3.63, 3.8) is 0 Å². The van der Waals surface area contributed by atoms with Gasteiger partial charge in [0.25, 0.3) is 0 Å². The SMILES string of the molecule is CCOc1cc(NCC(N)=O)ncn1. The zero-order valence-corrected chi connectivity index (χ0v) is 7.86. The van der Waals surface area contributed by atoms with Gasteiger partial charge in [0.05, 0.1) is 13.2 Å². The summed E-state index contributed by atoms with van der Waals surface area (Å²) in [5, 5.41) is 2.74. The first kappa shape index (κ1) is 10.2. The van der Waals surface area contributed by atoms with Crippen LogP contribution in [0.5, 0.6) is 5.88 Å². The summed E-state index contributed by atoms with van der Waals surface area (Å²) in [7, 11) is 0. The van der Waals surface area contributed by atoms with Gasteiger partial charge in [-0.3, -0.25) is 4.79 Å². The summed E-state index contributed by atoms with van der Waals surface area (Å²) in [6.45, 7) is 2.44. The van der Waals surface area contributed by atoms with E-state index >= 15 is 0 Å². The van der Waals surface area contributed by atoms with Crippen LogP contribution in [0.25, 0.3) is 0 Å². The quantitative estimate of drug-likeness (QED) is 0.679. The summed E-state index contributed by atoms with van der Waals surface area (Å²) in [5.74, 6) is 0.540. The highest BCUT2D eigenvalue weighted by Crippen LogP contribution is 2.09. The van der Waals surface area contributed by atoms with Crippen molar-refractivity contribution < 1.29 is 9.53 Å². The lowest BCUT2D eigenvalue weighted by atomic mass is 10.5. The number of ether oxygens (including phenoxy) is 1. The molecule has 0 saturated carbocycles. The maximum Gasteiger partial charge on any atom is 0.236 e. The van der Waals surface area contributed by atoms with Crippen molar-refractivity contribution in [3.05, 3.63) is 12.4 Å². The van der Waals surface area contributed by atoms with E-state index in [1.54, 1.807) is 6.07 Å². The van der Waals surface area contributed by atoms with Crippen LogP contribution in [0.3, 0.4) is 0 Å². The molecule has 0 spiro atoms. The molecule has 0 bridgehead atoms. The average Bonchev–Trinajstić information content (AvgIpc) is 2.16. The molecule has 76 valence electrons. The third kappa shape index (κ3) is 3.26. The minimum absolute atomic E-state index is 0.0442. The first-order valence-electron chi connectivity index (χ1n) is 4.19. The molecule has 6 nitrogen and oxygen atoms in total. The summed E-state index contributed by atoms with van der Waals surface area (Å²) in [6.07, 6.45) is 1.36. The van der Waals surface area contributed by atoms with E-state index in [-0.39, 0.29) is 6.54 Å². The number of primary amides is 1. The fourth-order valence-electron chi connectivity index (χ4n) is 0.841. The molecule has 1 rings (SSSR count). The van der Waals surface area contributed by atoms with E-state index in [9.17, 15) is 4.79 Å². The number of aromatic nitrogens is 2. The molecule has 0 aromatic carbocycles. The predicted molar refractivity (Wildman–Crippen MR) is 50.9 cm³/mol. The van der Waals surface area contributed by atoms with Gasteiger partial charge in [-0.05, 0) is 6.92 Å². The molecule has 1 aromatic heterocycles. The molecule has 0 aliphatic rings. The molecule has 0 unspecified atom stereocenters. The first-order valence-corrected chi connectivity index (χ1v) is 4.19. The average molecular weight is 196 g/mol. The number of nitrogens with two attached hydrogens (primary N) is 1. The van der Waals surface area contributed by atoms with Crippen LogP contribution in [0.4, 0.5) is 5.82 Å². The lowest BCUT2D eigenvalue weighted by Crippen LogP contribution is -2.22. The highest BCUT2D eigenvalue weighted by atomic mass is 16.5. The third-order valence-electron chi connectivity index (χ3n) is 1.38. The minimum atomic E-state index is -0.443. The highest BCUT2D eigenvalue weighted by Gasteiger charge is 1.99. The van der Waals surface area contributed by atoms with Crippen molar-refractivity contribution in [2.24, 2.45) is 5.73 Å². The van der Waals surface area contributed by atoms with Gasteiger partial charge in [-0.1, -0.05) is 0 Å². The van der Waals surface area contributed by atoms with Crippen molar-refractivity contribution in [3.8, 4) is 5.88 Å². The van der Waals surface area contributed by atoms with Crippen LogP contribution in [-0.4, -0.2) is 29.0 Å². The summed E-state index contributed by atoms with van der Waals surface area (Å²) < 4.78 is 5.15. The number of carbonyl (C=O) groups is 1.